The number of rotatable bonds is 8. The van der Waals surface area contributed by atoms with Gasteiger partial charge in [-0.1, -0.05) is 0 Å². The van der Waals surface area contributed by atoms with Crippen molar-refractivity contribution in [1.82, 2.24) is 14.9 Å². The average molecular weight is 433 g/mol. The van der Waals surface area contributed by atoms with Gasteiger partial charge in [-0.05, 0) is 31.2 Å². The van der Waals surface area contributed by atoms with Gasteiger partial charge in [-0.15, -0.1) is 0 Å². The third kappa shape index (κ3) is 4.33. The molecule has 0 aliphatic carbocycles. The lowest BCUT2D eigenvalue weighted by atomic mass is 10.3. The molecule has 1 aromatic carbocycles. The highest BCUT2D eigenvalue weighted by Gasteiger charge is 2.29. The molecule has 0 spiro atoms. The Labute approximate surface area is 172 Å². The number of hydrogen-bond donors (Lipinski definition) is 2. The van der Waals surface area contributed by atoms with E-state index in [9.17, 15) is 18.0 Å². The van der Waals surface area contributed by atoms with Gasteiger partial charge in [-0.3, -0.25) is 19.2 Å². The molecule has 1 aliphatic rings. The topological polar surface area (TPSA) is 140 Å². The molecule has 0 atom stereocenters. The highest BCUT2D eigenvalue weighted by atomic mass is 32.2. The van der Waals surface area contributed by atoms with Crippen LogP contribution in [0.25, 0.3) is 0 Å². The van der Waals surface area contributed by atoms with E-state index >= 15 is 0 Å². The van der Waals surface area contributed by atoms with Crippen LogP contribution in [0.4, 0.5) is 11.5 Å². The molecule has 0 saturated heterocycles. The summed E-state index contributed by atoms with van der Waals surface area (Å²) in [6.07, 6.45) is 1.20. The summed E-state index contributed by atoms with van der Waals surface area (Å²) in [5.74, 6) is -0.735. The second-order valence-corrected chi connectivity index (χ2v) is 7.67. The lowest BCUT2D eigenvalue weighted by molar-refractivity contribution is -0.136. The van der Waals surface area contributed by atoms with Crippen molar-refractivity contribution >= 4 is 33.3 Å². The van der Waals surface area contributed by atoms with Crippen LogP contribution in [0.1, 0.15) is 6.92 Å². The van der Waals surface area contributed by atoms with Gasteiger partial charge in [-0.25, -0.2) is 8.42 Å². The van der Waals surface area contributed by atoms with Crippen LogP contribution in [0, 0.1) is 0 Å². The normalized spacial score (nSPS) is 13.8. The number of nitrogens with zero attached hydrogens (tertiary/aromatic N) is 3. The Bertz CT molecular complexity index is 1090. The van der Waals surface area contributed by atoms with Crippen molar-refractivity contribution in [3.63, 3.8) is 0 Å². The maximum atomic E-state index is 12.6. The highest BCUT2D eigenvalue weighted by molar-refractivity contribution is 7.92. The minimum absolute atomic E-state index is 0.0271. The molecule has 0 unspecified atom stereocenters. The molecule has 12 heteroatoms. The number of likely N-dealkylation sites (N-methyl/N-ethyl adjacent to an activating group) is 1. The van der Waals surface area contributed by atoms with Crippen LogP contribution in [0.15, 0.2) is 47.0 Å². The van der Waals surface area contributed by atoms with Crippen molar-refractivity contribution in [3.8, 4) is 11.9 Å². The molecule has 2 aromatic rings. The zero-order chi connectivity index (χ0) is 21.9. The van der Waals surface area contributed by atoms with Crippen LogP contribution < -0.4 is 19.5 Å². The maximum Gasteiger partial charge on any atom is 0.321 e. The maximum absolute atomic E-state index is 12.6. The van der Waals surface area contributed by atoms with Gasteiger partial charge in [0, 0.05) is 24.4 Å². The van der Waals surface area contributed by atoms with Crippen molar-refractivity contribution in [2.45, 2.75) is 11.8 Å². The molecule has 0 fully saturated rings. The Kier molecular flexibility index (Phi) is 5.87. The number of ether oxygens (including phenoxy) is 2. The predicted molar refractivity (Wildman–Crippen MR) is 106 cm³/mol. The monoisotopic (exact) mass is 433 g/mol. The first-order chi connectivity index (χ1) is 14.3. The number of sulfonamides is 1. The minimum Gasteiger partial charge on any atom is -0.481 e. The van der Waals surface area contributed by atoms with E-state index in [0.29, 0.717) is 5.69 Å². The summed E-state index contributed by atoms with van der Waals surface area (Å²) in [5.41, 5.74) is 0.570. The van der Waals surface area contributed by atoms with Gasteiger partial charge in [0.2, 0.25) is 5.88 Å². The molecule has 1 aliphatic heterocycles. The second kappa shape index (κ2) is 8.37. The van der Waals surface area contributed by atoms with E-state index in [0.717, 1.165) is 4.90 Å². The smallest absolute Gasteiger partial charge is 0.321 e. The largest absolute Gasteiger partial charge is 0.481 e. The lowest BCUT2D eigenvalue weighted by Crippen LogP contribution is -2.31. The summed E-state index contributed by atoms with van der Waals surface area (Å²) in [6.45, 7) is 1.96. The third-order valence-corrected chi connectivity index (χ3v) is 5.45. The van der Waals surface area contributed by atoms with Crippen LogP contribution in [0.5, 0.6) is 11.9 Å². The van der Waals surface area contributed by atoms with E-state index in [1.807, 2.05) is 0 Å². The molecule has 1 aromatic heterocycles. The van der Waals surface area contributed by atoms with Crippen molar-refractivity contribution in [1.29, 1.82) is 0 Å². The van der Waals surface area contributed by atoms with E-state index < -0.39 is 21.8 Å². The summed E-state index contributed by atoms with van der Waals surface area (Å²) in [5, 5.41) is 2.82. The van der Waals surface area contributed by atoms with E-state index in [2.05, 4.69) is 20.0 Å². The van der Waals surface area contributed by atoms with Gasteiger partial charge in [-0.2, -0.15) is 9.97 Å². The van der Waals surface area contributed by atoms with Crippen LogP contribution in [0.2, 0.25) is 0 Å². The first-order valence-electron chi connectivity index (χ1n) is 8.72. The number of methoxy groups -OCH3 is 2. The van der Waals surface area contributed by atoms with Crippen molar-refractivity contribution in [3.05, 3.63) is 42.1 Å². The summed E-state index contributed by atoms with van der Waals surface area (Å²) < 4.78 is 37.5. The summed E-state index contributed by atoms with van der Waals surface area (Å²) in [6, 6.07) is 6.90. The fourth-order valence-corrected chi connectivity index (χ4v) is 3.61. The van der Waals surface area contributed by atoms with Gasteiger partial charge in [0.15, 0.2) is 5.82 Å². The molecule has 2 amide bonds. The molecule has 0 radical (unpaired) electrons. The molecule has 3 rings (SSSR count). The Morgan fingerprint density at radius 1 is 1.07 bits per heavy atom. The van der Waals surface area contributed by atoms with Gasteiger partial charge in [0.25, 0.3) is 21.8 Å². The highest BCUT2D eigenvalue weighted by Crippen LogP contribution is 2.22. The van der Waals surface area contributed by atoms with Crippen LogP contribution in [0.3, 0.4) is 0 Å². The lowest BCUT2D eigenvalue weighted by Gasteiger charge is -2.13. The number of benzene rings is 1. The number of carbonyl (C=O) groups excluding carboxylic acids is 2. The van der Waals surface area contributed by atoms with Gasteiger partial charge < -0.3 is 14.8 Å². The van der Waals surface area contributed by atoms with E-state index in [1.165, 1.54) is 50.6 Å². The Balaban J connectivity index is 1.76. The molecular formula is C18H19N5O6S. The number of anilines is 2. The number of aromatic nitrogens is 2. The zero-order valence-electron chi connectivity index (χ0n) is 16.4. The zero-order valence-corrected chi connectivity index (χ0v) is 17.2. The first-order valence-corrected chi connectivity index (χ1v) is 10.2. The molecule has 11 nitrogen and oxygen atoms in total. The van der Waals surface area contributed by atoms with Gasteiger partial charge in [0.1, 0.15) is 5.70 Å². The van der Waals surface area contributed by atoms with Crippen LogP contribution in [-0.2, 0) is 19.6 Å². The number of amides is 2. The molecule has 2 N–H and O–H groups in total. The SMILES string of the molecule is CCN1C(=O)C=C(Nc2ccc(S(=O)(=O)Nc3cc(OC)nc(OC)n3)cc2)C1=O. The fourth-order valence-electron chi connectivity index (χ4n) is 2.62. The van der Waals surface area contributed by atoms with Crippen molar-refractivity contribution < 1.29 is 27.5 Å². The van der Waals surface area contributed by atoms with Crippen LogP contribution in [-0.4, -0.2) is 55.9 Å². The third-order valence-electron chi connectivity index (χ3n) is 4.08. The Hall–Kier alpha value is -3.67. The second-order valence-electron chi connectivity index (χ2n) is 5.98. The Morgan fingerprint density at radius 2 is 1.77 bits per heavy atom. The standard InChI is InChI=1S/C18H19N5O6S/c1-4-23-16(24)9-13(17(23)25)19-11-5-7-12(8-6-11)30(26,27)22-14-10-15(28-2)21-18(20-14)29-3/h5-10,19H,4H2,1-3H3,(H,20,21,22). The number of hydrogen-bond acceptors (Lipinski definition) is 9. The molecule has 158 valence electrons. The molecular weight excluding hydrogens is 414 g/mol. The van der Waals surface area contributed by atoms with E-state index in [-0.39, 0.29) is 34.8 Å². The summed E-state index contributed by atoms with van der Waals surface area (Å²) >= 11 is 0. The first kappa shape index (κ1) is 21.0. The Morgan fingerprint density at radius 3 is 2.33 bits per heavy atom. The number of imide groups is 1. The average Bonchev–Trinajstić information content (AvgIpc) is 2.99. The quantitative estimate of drug-likeness (QED) is 0.583. The summed E-state index contributed by atoms with van der Waals surface area (Å²) in [4.78, 5) is 32.7. The minimum atomic E-state index is -3.96. The van der Waals surface area contributed by atoms with Crippen molar-refractivity contribution in [2.75, 3.05) is 30.8 Å². The molecule has 30 heavy (non-hydrogen) atoms. The predicted octanol–water partition coefficient (Wildman–Crippen LogP) is 0.979. The number of nitrogens with one attached hydrogen (secondary N) is 2. The summed E-state index contributed by atoms with van der Waals surface area (Å²) in [7, 11) is -1.24. The molecule has 0 saturated carbocycles. The number of carbonyl (C=O) groups is 2. The van der Waals surface area contributed by atoms with Crippen molar-refractivity contribution in [2.24, 2.45) is 0 Å². The molecule has 0 bridgehead atoms. The van der Waals surface area contributed by atoms with E-state index in [1.54, 1.807) is 6.92 Å². The van der Waals surface area contributed by atoms with E-state index in [4.69, 9.17) is 9.47 Å². The molecule has 2 heterocycles. The van der Waals surface area contributed by atoms with Gasteiger partial charge >= 0.3 is 6.01 Å². The van der Waals surface area contributed by atoms with Crippen LogP contribution >= 0.6 is 0 Å². The fraction of sp³-hybridized carbons (Fsp3) is 0.222. The van der Waals surface area contributed by atoms with Gasteiger partial charge in [0.05, 0.1) is 19.1 Å².